The lowest BCUT2D eigenvalue weighted by molar-refractivity contribution is 0.364. The van der Waals surface area contributed by atoms with Crippen LogP contribution in [0.15, 0.2) is 46.6 Å². The Morgan fingerprint density at radius 1 is 0.633 bits per heavy atom. The van der Waals surface area contributed by atoms with Crippen LogP contribution in [0.4, 0.5) is 0 Å². The molecule has 0 heterocycles. The van der Waals surface area contributed by atoms with E-state index in [-0.39, 0.29) is 0 Å². The zero-order valence-corrected chi connectivity index (χ0v) is 21.8. The van der Waals surface area contributed by atoms with Crippen molar-refractivity contribution < 1.29 is 0 Å². The third kappa shape index (κ3) is 20.2. The molecule has 0 saturated heterocycles. The summed E-state index contributed by atoms with van der Waals surface area (Å²) in [7, 11) is 4.34. The molecule has 0 amide bonds. The maximum atomic E-state index is 2.47. The predicted octanol–water partition coefficient (Wildman–Crippen LogP) is 9.28. The van der Waals surface area contributed by atoms with Crippen LogP contribution in [0.1, 0.15) is 112 Å². The van der Waals surface area contributed by atoms with Crippen LogP contribution in [0.25, 0.3) is 0 Å². The van der Waals surface area contributed by atoms with E-state index in [1.165, 1.54) is 88.3 Å². The van der Waals surface area contributed by atoms with Gasteiger partial charge < -0.3 is 4.90 Å². The van der Waals surface area contributed by atoms with E-state index in [4.69, 9.17) is 0 Å². The summed E-state index contributed by atoms with van der Waals surface area (Å²) in [6.45, 7) is 14.9. The summed E-state index contributed by atoms with van der Waals surface area (Å²) < 4.78 is 0. The summed E-state index contributed by atoms with van der Waals surface area (Å²) in [5.41, 5.74) is 6.08. The van der Waals surface area contributed by atoms with Gasteiger partial charge in [0.1, 0.15) is 0 Å². The van der Waals surface area contributed by atoms with Gasteiger partial charge in [-0.1, -0.05) is 59.9 Å². The summed E-state index contributed by atoms with van der Waals surface area (Å²) in [5, 5.41) is 0. The highest BCUT2D eigenvalue weighted by molar-refractivity contribution is 5.06. The van der Waals surface area contributed by atoms with Gasteiger partial charge in [-0.05, 0) is 125 Å². The molecule has 0 aromatic carbocycles. The van der Waals surface area contributed by atoms with Crippen LogP contribution in [0.2, 0.25) is 0 Å². The maximum Gasteiger partial charge on any atom is -0.00247 e. The van der Waals surface area contributed by atoms with Crippen LogP contribution in [-0.2, 0) is 0 Å². The third-order valence-corrected chi connectivity index (χ3v) is 5.85. The van der Waals surface area contributed by atoms with Crippen molar-refractivity contribution in [2.24, 2.45) is 5.92 Å². The van der Waals surface area contributed by atoms with Crippen LogP contribution < -0.4 is 0 Å². The van der Waals surface area contributed by atoms with Crippen LogP contribution in [0.3, 0.4) is 0 Å². The van der Waals surface area contributed by atoms with E-state index in [0.717, 1.165) is 5.92 Å². The standard InChI is InChI=1S/C29H53N/c1-25(2)15-11-18-28(5)21-12-19-26(3)16-9-10-17-27(4)20-13-22-29(6)23-14-24-30(7)8/h15-17,21,29H,9-14,18-20,22-24H2,1-8H3/b26-16+,27-17-,28-21+. The number of nitrogens with zero attached hydrogens (tertiary/aromatic N) is 1. The van der Waals surface area contributed by atoms with Gasteiger partial charge in [-0.3, -0.25) is 0 Å². The van der Waals surface area contributed by atoms with Crippen LogP contribution in [0, 0.1) is 5.92 Å². The van der Waals surface area contributed by atoms with Crippen molar-refractivity contribution in [3.63, 3.8) is 0 Å². The molecule has 0 N–H and O–H groups in total. The van der Waals surface area contributed by atoms with Gasteiger partial charge in [0.2, 0.25) is 0 Å². The van der Waals surface area contributed by atoms with Gasteiger partial charge in [-0.2, -0.15) is 0 Å². The largest absolute Gasteiger partial charge is 0.309 e. The van der Waals surface area contributed by atoms with Crippen molar-refractivity contribution >= 4 is 0 Å². The molecular weight excluding hydrogens is 362 g/mol. The fraction of sp³-hybridized carbons (Fsp3) is 0.724. The molecule has 0 bridgehead atoms. The SMILES string of the molecule is CC(C)=CCC/C(C)=C/CC/C(C)=C/CC/C=C(/C)CCCC(C)CCCN(C)C. The molecule has 0 rings (SSSR count). The van der Waals surface area contributed by atoms with E-state index in [2.05, 4.69) is 84.8 Å². The molecule has 0 spiro atoms. The first-order valence-electron chi connectivity index (χ1n) is 12.5. The molecule has 0 saturated carbocycles. The minimum absolute atomic E-state index is 0.869. The first-order valence-corrected chi connectivity index (χ1v) is 12.5. The fourth-order valence-corrected chi connectivity index (χ4v) is 3.73. The second-order valence-electron chi connectivity index (χ2n) is 10.0. The summed E-state index contributed by atoms with van der Waals surface area (Å²) in [4.78, 5) is 2.29. The van der Waals surface area contributed by atoms with Crippen LogP contribution >= 0.6 is 0 Å². The molecule has 1 unspecified atom stereocenters. The lowest BCUT2D eigenvalue weighted by Crippen LogP contribution is -2.13. The average Bonchev–Trinajstić information content (AvgIpc) is 2.64. The van der Waals surface area contributed by atoms with Gasteiger partial charge in [0.25, 0.3) is 0 Å². The Hall–Kier alpha value is -1.08. The summed E-state index contributed by atoms with van der Waals surface area (Å²) >= 11 is 0. The molecule has 0 aromatic heterocycles. The number of unbranched alkanes of at least 4 members (excludes halogenated alkanes) is 1. The van der Waals surface area contributed by atoms with Gasteiger partial charge in [-0.15, -0.1) is 0 Å². The van der Waals surface area contributed by atoms with E-state index in [9.17, 15) is 0 Å². The fourth-order valence-electron chi connectivity index (χ4n) is 3.73. The van der Waals surface area contributed by atoms with Crippen molar-refractivity contribution in [3.8, 4) is 0 Å². The molecule has 0 aliphatic rings. The molecule has 0 aromatic rings. The highest BCUT2D eigenvalue weighted by Gasteiger charge is 2.03. The minimum Gasteiger partial charge on any atom is -0.309 e. The molecule has 0 aliphatic carbocycles. The first-order chi connectivity index (χ1) is 14.2. The lowest BCUT2D eigenvalue weighted by atomic mass is 9.97. The second-order valence-corrected chi connectivity index (χ2v) is 10.0. The van der Waals surface area contributed by atoms with Gasteiger partial charge in [0.15, 0.2) is 0 Å². The number of hydrogen-bond donors (Lipinski definition) is 0. The Morgan fingerprint density at radius 3 is 1.63 bits per heavy atom. The van der Waals surface area contributed by atoms with Gasteiger partial charge in [-0.25, -0.2) is 0 Å². The molecular formula is C29H53N. The molecule has 0 fully saturated rings. The molecule has 1 atom stereocenters. The third-order valence-electron chi connectivity index (χ3n) is 5.85. The van der Waals surface area contributed by atoms with Gasteiger partial charge >= 0.3 is 0 Å². The van der Waals surface area contributed by atoms with Crippen molar-refractivity contribution in [2.45, 2.75) is 112 Å². The lowest BCUT2D eigenvalue weighted by Gasteiger charge is -2.13. The van der Waals surface area contributed by atoms with E-state index >= 15 is 0 Å². The molecule has 1 heteroatoms. The average molecular weight is 416 g/mol. The molecule has 30 heavy (non-hydrogen) atoms. The first kappa shape index (κ1) is 28.9. The summed E-state index contributed by atoms with van der Waals surface area (Å²) in [6.07, 6.45) is 23.5. The molecule has 0 aliphatic heterocycles. The topological polar surface area (TPSA) is 3.24 Å². The zero-order valence-electron chi connectivity index (χ0n) is 21.8. The van der Waals surface area contributed by atoms with Crippen molar-refractivity contribution in [2.75, 3.05) is 20.6 Å². The van der Waals surface area contributed by atoms with Crippen molar-refractivity contribution in [1.29, 1.82) is 0 Å². The van der Waals surface area contributed by atoms with Crippen LogP contribution in [-0.4, -0.2) is 25.5 Å². The van der Waals surface area contributed by atoms with E-state index in [0.29, 0.717) is 0 Å². The summed E-state index contributed by atoms with van der Waals surface area (Å²) in [5.74, 6) is 0.869. The van der Waals surface area contributed by atoms with Crippen molar-refractivity contribution in [1.82, 2.24) is 4.90 Å². The Bertz CT molecular complexity index is 541. The highest BCUT2D eigenvalue weighted by atomic mass is 15.0. The number of rotatable bonds is 17. The van der Waals surface area contributed by atoms with Gasteiger partial charge in [0.05, 0.1) is 0 Å². The summed E-state index contributed by atoms with van der Waals surface area (Å²) in [6, 6.07) is 0. The number of hydrogen-bond acceptors (Lipinski definition) is 1. The molecule has 0 radical (unpaired) electrons. The Morgan fingerprint density at radius 2 is 1.10 bits per heavy atom. The van der Waals surface area contributed by atoms with Gasteiger partial charge in [0, 0.05) is 0 Å². The predicted molar refractivity (Wildman–Crippen MR) is 139 cm³/mol. The normalized spacial score (nSPS) is 14.4. The van der Waals surface area contributed by atoms with Crippen molar-refractivity contribution in [3.05, 3.63) is 46.6 Å². The Balaban J connectivity index is 3.91. The molecule has 1 nitrogen and oxygen atoms in total. The quantitative estimate of drug-likeness (QED) is 0.169. The zero-order chi connectivity index (χ0) is 22.8. The minimum atomic E-state index is 0.869. The Labute approximate surface area is 190 Å². The van der Waals surface area contributed by atoms with E-state index in [1.54, 1.807) is 11.1 Å². The van der Waals surface area contributed by atoms with E-state index in [1.807, 2.05) is 0 Å². The van der Waals surface area contributed by atoms with Crippen LogP contribution in [0.5, 0.6) is 0 Å². The number of allylic oxidation sites excluding steroid dienone is 8. The second kappa shape index (κ2) is 18.7. The maximum absolute atomic E-state index is 2.47. The van der Waals surface area contributed by atoms with E-state index < -0.39 is 0 Å². The molecule has 174 valence electrons. The highest BCUT2D eigenvalue weighted by Crippen LogP contribution is 2.17. The monoisotopic (exact) mass is 415 g/mol. The smallest absolute Gasteiger partial charge is 0.00247 e. The Kier molecular flexibility index (Phi) is 18.0.